The van der Waals surface area contributed by atoms with Crippen molar-refractivity contribution in [2.75, 3.05) is 13.1 Å². The molecular formula is C8H13FN4. The van der Waals surface area contributed by atoms with Gasteiger partial charge in [-0.05, 0) is 19.4 Å². The van der Waals surface area contributed by atoms with Crippen molar-refractivity contribution in [3.63, 3.8) is 0 Å². The van der Waals surface area contributed by atoms with Gasteiger partial charge in [0.25, 0.3) is 0 Å². The third-order valence-electron chi connectivity index (χ3n) is 2.39. The average Bonchev–Trinajstić information content (AvgIpc) is 2.54. The van der Waals surface area contributed by atoms with Crippen molar-refractivity contribution in [1.29, 1.82) is 0 Å². The molecule has 0 bridgehead atoms. The second-order valence-electron chi connectivity index (χ2n) is 3.52. The summed E-state index contributed by atoms with van der Waals surface area (Å²) in [5, 5.41) is 10.6. The van der Waals surface area contributed by atoms with Crippen molar-refractivity contribution in [3.05, 3.63) is 11.9 Å². The Morgan fingerprint density at radius 2 is 2.54 bits per heavy atom. The first-order valence-corrected chi connectivity index (χ1v) is 4.47. The summed E-state index contributed by atoms with van der Waals surface area (Å²) in [5.74, 6) is 0. The van der Waals surface area contributed by atoms with Gasteiger partial charge < -0.3 is 5.32 Å². The zero-order valence-electron chi connectivity index (χ0n) is 7.63. The fourth-order valence-corrected chi connectivity index (χ4v) is 1.64. The minimum Gasteiger partial charge on any atom is -0.313 e. The molecule has 1 aromatic heterocycles. The minimum atomic E-state index is -1.31. The average molecular weight is 184 g/mol. The van der Waals surface area contributed by atoms with Crippen LogP contribution in [0, 0.1) is 0 Å². The molecule has 1 aliphatic heterocycles. The molecule has 4 nitrogen and oxygen atoms in total. The topological polar surface area (TPSA) is 42.7 Å². The van der Waals surface area contributed by atoms with Gasteiger partial charge in [-0.1, -0.05) is 5.21 Å². The molecule has 1 saturated heterocycles. The Hall–Kier alpha value is -0.970. The molecule has 1 fully saturated rings. The molecular weight excluding hydrogens is 171 g/mol. The Labute approximate surface area is 76.1 Å². The van der Waals surface area contributed by atoms with Crippen LogP contribution in [0.2, 0.25) is 0 Å². The Morgan fingerprint density at radius 1 is 1.69 bits per heavy atom. The second-order valence-corrected chi connectivity index (χ2v) is 3.52. The lowest BCUT2D eigenvalue weighted by Crippen LogP contribution is -2.40. The van der Waals surface area contributed by atoms with Crippen LogP contribution in [0.5, 0.6) is 0 Å². The zero-order valence-corrected chi connectivity index (χ0v) is 7.63. The fraction of sp³-hybridized carbons (Fsp3) is 0.750. The molecule has 2 rings (SSSR count). The predicted octanol–water partition coefficient (Wildman–Crippen LogP) is 0.363. The highest BCUT2D eigenvalue weighted by Crippen LogP contribution is 2.30. The molecule has 0 radical (unpaired) electrons. The van der Waals surface area contributed by atoms with E-state index < -0.39 is 5.67 Å². The molecule has 2 heterocycles. The Kier molecular flexibility index (Phi) is 2.03. The van der Waals surface area contributed by atoms with Crippen LogP contribution in [0.25, 0.3) is 0 Å². The summed E-state index contributed by atoms with van der Waals surface area (Å²) in [6.45, 7) is 1.25. The lowest BCUT2D eigenvalue weighted by Gasteiger charge is -2.27. The van der Waals surface area contributed by atoms with E-state index in [1.54, 1.807) is 13.2 Å². The molecule has 1 aliphatic rings. The highest BCUT2D eigenvalue weighted by molar-refractivity contribution is 5.09. The standard InChI is InChI=1S/C8H13FN4/c1-13-5-7(11-12-13)8(9)3-2-4-10-6-8/h5,10H,2-4,6H2,1H3. The predicted molar refractivity (Wildman–Crippen MR) is 45.9 cm³/mol. The number of nitrogens with zero attached hydrogens (tertiary/aromatic N) is 3. The van der Waals surface area contributed by atoms with Gasteiger partial charge in [-0.25, -0.2) is 4.39 Å². The lowest BCUT2D eigenvalue weighted by molar-refractivity contribution is 0.116. The molecule has 0 aromatic carbocycles. The maximum atomic E-state index is 14.1. The van der Waals surface area contributed by atoms with Crippen molar-refractivity contribution < 1.29 is 4.39 Å². The van der Waals surface area contributed by atoms with Gasteiger partial charge in [0.1, 0.15) is 5.69 Å². The van der Waals surface area contributed by atoms with E-state index in [0.717, 1.165) is 13.0 Å². The van der Waals surface area contributed by atoms with Crippen LogP contribution in [-0.2, 0) is 12.7 Å². The Balaban J connectivity index is 2.22. The van der Waals surface area contributed by atoms with E-state index in [1.807, 2.05) is 0 Å². The molecule has 0 amide bonds. The summed E-state index contributed by atoms with van der Waals surface area (Å²) in [4.78, 5) is 0. The molecule has 13 heavy (non-hydrogen) atoms. The summed E-state index contributed by atoms with van der Waals surface area (Å²) in [6, 6.07) is 0. The number of alkyl halides is 1. The molecule has 1 atom stereocenters. The lowest BCUT2D eigenvalue weighted by atomic mass is 9.93. The van der Waals surface area contributed by atoms with Crippen LogP contribution in [0.1, 0.15) is 18.5 Å². The highest BCUT2D eigenvalue weighted by atomic mass is 19.1. The Bertz CT molecular complexity index is 290. The summed E-state index contributed by atoms with van der Waals surface area (Å²) >= 11 is 0. The first-order valence-electron chi connectivity index (χ1n) is 4.47. The van der Waals surface area contributed by atoms with Crippen molar-refractivity contribution in [3.8, 4) is 0 Å². The second kappa shape index (κ2) is 3.06. The van der Waals surface area contributed by atoms with E-state index in [1.165, 1.54) is 4.68 Å². The number of piperidine rings is 1. The smallest absolute Gasteiger partial charge is 0.168 e. The van der Waals surface area contributed by atoms with E-state index in [-0.39, 0.29) is 0 Å². The number of hydrogen-bond donors (Lipinski definition) is 1. The molecule has 1 unspecified atom stereocenters. The molecule has 5 heteroatoms. The number of aromatic nitrogens is 3. The molecule has 72 valence electrons. The molecule has 0 aliphatic carbocycles. The quantitative estimate of drug-likeness (QED) is 0.685. The van der Waals surface area contributed by atoms with Gasteiger partial charge in [-0.3, -0.25) is 4.68 Å². The maximum absolute atomic E-state index is 14.1. The number of nitrogens with one attached hydrogen (secondary N) is 1. The van der Waals surface area contributed by atoms with Crippen LogP contribution >= 0.6 is 0 Å². The van der Waals surface area contributed by atoms with E-state index in [0.29, 0.717) is 18.7 Å². The minimum absolute atomic E-state index is 0.353. The van der Waals surface area contributed by atoms with E-state index in [4.69, 9.17) is 0 Å². The van der Waals surface area contributed by atoms with Crippen LogP contribution in [-0.4, -0.2) is 28.1 Å². The summed E-state index contributed by atoms with van der Waals surface area (Å²) in [7, 11) is 1.75. The van der Waals surface area contributed by atoms with Gasteiger partial charge in [-0.15, -0.1) is 5.10 Å². The van der Waals surface area contributed by atoms with Gasteiger partial charge in [0, 0.05) is 13.6 Å². The third-order valence-corrected chi connectivity index (χ3v) is 2.39. The number of aryl methyl sites for hydroxylation is 1. The summed E-state index contributed by atoms with van der Waals surface area (Å²) in [5.41, 5.74) is -0.867. The monoisotopic (exact) mass is 184 g/mol. The summed E-state index contributed by atoms with van der Waals surface area (Å²) in [6.07, 6.45) is 3.04. The zero-order chi connectivity index (χ0) is 9.31. The van der Waals surface area contributed by atoms with Gasteiger partial charge in [-0.2, -0.15) is 0 Å². The number of hydrogen-bond acceptors (Lipinski definition) is 3. The fourth-order valence-electron chi connectivity index (χ4n) is 1.64. The Morgan fingerprint density at radius 3 is 3.08 bits per heavy atom. The van der Waals surface area contributed by atoms with Crippen molar-refractivity contribution in [2.45, 2.75) is 18.5 Å². The van der Waals surface area contributed by atoms with Crippen molar-refractivity contribution >= 4 is 0 Å². The van der Waals surface area contributed by atoms with Gasteiger partial charge in [0.05, 0.1) is 6.20 Å². The van der Waals surface area contributed by atoms with Crippen LogP contribution in [0.4, 0.5) is 4.39 Å². The van der Waals surface area contributed by atoms with E-state index in [9.17, 15) is 4.39 Å². The van der Waals surface area contributed by atoms with Gasteiger partial charge >= 0.3 is 0 Å². The molecule has 0 spiro atoms. The van der Waals surface area contributed by atoms with Crippen LogP contribution < -0.4 is 5.32 Å². The van der Waals surface area contributed by atoms with E-state index >= 15 is 0 Å². The van der Waals surface area contributed by atoms with Crippen molar-refractivity contribution in [2.24, 2.45) is 7.05 Å². The highest BCUT2D eigenvalue weighted by Gasteiger charge is 2.36. The van der Waals surface area contributed by atoms with Gasteiger partial charge in [0.2, 0.25) is 0 Å². The SMILES string of the molecule is Cn1cc(C2(F)CCCNC2)nn1. The van der Waals surface area contributed by atoms with Gasteiger partial charge in [0.15, 0.2) is 5.67 Å². The normalized spacial score (nSPS) is 29.1. The molecule has 1 aromatic rings. The van der Waals surface area contributed by atoms with Crippen LogP contribution in [0.3, 0.4) is 0 Å². The molecule has 1 N–H and O–H groups in total. The van der Waals surface area contributed by atoms with Crippen LogP contribution in [0.15, 0.2) is 6.20 Å². The summed E-state index contributed by atoms with van der Waals surface area (Å²) < 4.78 is 15.7. The number of rotatable bonds is 1. The maximum Gasteiger partial charge on any atom is 0.168 e. The first kappa shape index (κ1) is 8.62. The van der Waals surface area contributed by atoms with E-state index in [2.05, 4.69) is 15.6 Å². The van der Waals surface area contributed by atoms with Crippen molar-refractivity contribution in [1.82, 2.24) is 20.3 Å². The largest absolute Gasteiger partial charge is 0.313 e. The molecule has 0 saturated carbocycles. The number of halogens is 1. The first-order chi connectivity index (χ1) is 6.21. The third kappa shape index (κ3) is 1.56.